The number of halogens is 3. The number of aliphatic hydroxyl groups excluding tert-OH is 1. The second kappa shape index (κ2) is 17.3. The van der Waals surface area contributed by atoms with Crippen molar-refractivity contribution in [2.75, 3.05) is 38.7 Å². The first-order valence-electron chi connectivity index (χ1n) is 15.8. The number of carbonyl (C=O) groups is 3. The van der Waals surface area contributed by atoms with Crippen LogP contribution in [0.25, 0.3) is 0 Å². The largest absolute Gasteiger partial charge is 0.490 e. The molecule has 46 heavy (non-hydrogen) atoms. The van der Waals surface area contributed by atoms with Crippen molar-refractivity contribution in [3.8, 4) is 5.75 Å². The Morgan fingerprint density at radius 3 is 2.52 bits per heavy atom. The maximum absolute atomic E-state index is 14.2. The van der Waals surface area contributed by atoms with Crippen LogP contribution in [-0.2, 0) is 20.7 Å². The lowest BCUT2D eigenvalue weighted by molar-refractivity contribution is -0.142. The minimum absolute atomic E-state index is 0.0669. The zero-order valence-electron chi connectivity index (χ0n) is 27.0. The lowest BCUT2D eigenvalue weighted by atomic mass is 10.0. The van der Waals surface area contributed by atoms with Gasteiger partial charge in [-0.15, -0.1) is 0 Å². The van der Waals surface area contributed by atoms with Gasteiger partial charge in [0.15, 0.2) is 0 Å². The molecule has 2 N–H and O–H groups in total. The van der Waals surface area contributed by atoms with Crippen LogP contribution in [0, 0.1) is 5.92 Å². The van der Waals surface area contributed by atoms with Crippen LogP contribution >= 0.6 is 0 Å². The molecule has 0 unspecified atom stereocenters. The van der Waals surface area contributed by atoms with E-state index in [2.05, 4.69) is 5.32 Å². The summed E-state index contributed by atoms with van der Waals surface area (Å²) in [7, 11) is 1.73. The Balaban J connectivity index is 1.88. The van der Waals surface area contributed by atoms with E-state index in [1.807, 2.05) is 44.2 Å². The van der Waals surface area contributed by atoms with Gasteiger partial charge in [0.2, 0.25) is 11.8 Å². The first-order chi connectivity index (χ1) is 21.8. The van der Waals surface area contributed by atoms with Crippen LogP contribution in [0.3, 0.4) is 0 Å². The second-order valence-corrected chi connectivity index (χ2v) is 12.1. The number of hydrogen-bond acceptors (Lipinski definition) is 6. The summed E-state index contributed by atoms with van der Waals surface area (Å²) in [6.07, 6.45) is -4.73. The van der Waals surface area contributed by atoms with Crippen molar-refractivity contribution in [3.63, 3.8) is 0 Å². The van der Waals surface area contributed by atoms with Gasteiger partial charge in [-0.2, -0.15) is 13.2 Å². The van der Waals surface area contributed by atoms with E-state index in [-0.39, 0.29) is 54.5 Å². The normalized spacial score (nSPS) is 20.6. The first kappa shape index (κ1) is 36.8. The molecule has 2 aromatic rings. The minimum Gasteiger partial charge on any atom is -0.490 e. The molecule has 1 heterocycles. The third kappa shape index (κ3) is 11.6. The van der Waals surface area contributed by atoms with Gasteiger partial charge in [-0.25, -0.2) is 0 Å². The van der Waals surface area contributed by atoms with Gasteiger partial charge >= 0.3 is 6.18 Å². The summed E-state index contributed by atoms with van der Waals surface area (Å²) in [6, 6.07) is 13.2. The Kier molecular flexibility index (Phi) is 13.9. The van der Waals surface area contributed by atoms with E-state index in [0.29, 0.717) is 19.6 Å². The summed E-state index contributed by atoms with van der Waals surface area (Å²) >= 11 is 0. The second-order valence-electron chi connectivity index (χ2n) is 12.1. The summed E-state index contributed by atoms with van der Waals surface area (Å²) in [5.74, 6) is -1.37. The van der Waals surface area contributed by atoms with Gasteiger partial charge in [0.1, 0.15) is 5.75 Å². The first-order valence-corrected chi connectivity index (χ1v) is 15.8. The van der Waals surface area contributed by atoms with Crippen LogP contribution in [0.5, 0.6) is 5.75 Å². The van der Waals surface area contributed by atoms with E-state index in [4.69, 9.17) is 9.47 Å². The molecule has 3 amide bonds. The molecule has 0 fully saturated rings. The van der Waals surface area contributed by atoms with Gasteiger partial charge in [0.05, 0.1) is 43.3 Å². The molecule has 0 aromatic heterocycles. The number of nitrogens with zero attached hydrogens (tertiary/aromatic N) is 2. The predicted molar refractivity (Wildman–Crippen MR) is 169 cm³/mol. The van der Waals surface area contributed by atoms with E-state index in [1.165, 1.54) is 23.1 Å². The molecule has 12 heteroatoms. The molecule has 0 spiro atoms. The number of anilines is 1. The highest BCUT2D eigenvalue weighted by Crippen LogP contribution is 2.29. The van der Waals surface area contributed by atoms with Gasteiger partial charge < -0.3 is 29.7 Å². The average molecular weight is 650 g/mol. The number of aliphatic hydroxyl groups is 1. The number of hydrogen-bond donors (Lipinski definition) is 2. The van der Waals surface area contributed by atoms with Gasteiger partial charge in [0, 0.05) is 44.8 Å². The SMILES string of the molecule is C[C@@H]1CN([C@H](C)CO)C(=O)c2cc(NC(=O)CCC(F)(F)F)ccc2O[C@@H](C)CCCCO[C@@H]1CN(C)C(=O)Cc1ccccc1. The van der Waals surface area contributed by atoms with Crippen LogP contribution in [0.15, 0.2) is 48.5 Å². The molecule has 9 nitrogen and oxygen atoms in total. The molecule has 4 atom stereocenters. The minimum atomic E-state index is -4.47. The Hall–Kier alpha value is -3.64. The number of rotatable bonds is 9. The lowest BCUT2D eigenvalue weighted by Gasteiger charge is -2.36. The van der Waals surface area contributed by atoms with E-state index < -0.39 is 43.0 Å². The van der Waals surface area contributed by atoms with Gasteiger partial charge in [-0.1, -0.05) is 37.3 Å². The molecule has 2 aromatic carbocycles. The number of likely N-dealkylation sites (N-methyl/N-ethyl adjacent to an activating group) is 1. The Morgan fingerprint density at radius 2 is 1.85 bits per heavy atom. The predicted octanol–water partition coefficient (Wildman–Crippen LogP) is 5.46. The molecule has 1 aliphatic rings. The molecule has 0 saturated heterocycles. The highest BCUT2D eigenvalue weighted by Gasteiger charge is 2.31. The highest BCUT2D eigenvalue weighted by molar-refractivity contribution is 5.99. The van der Waals surface area contributed by atoms with E-state index in [0.717, 1.165) is 18.4 Å². The van der Waals surface area contributed by atoms with Crippen molar-refractivity contribution in [2.45, 2.75) is 83.7 Å². The van der Waals surface area contributed by atoms with Crippen LogP contribution in [0.2, 0.25) is 0 Å². The van der Waals surface area contributed by atoms with E-state index in [1.54, 1.807) is 18.9 Å². The van der Waals surface area contributed by atoms with Crippen molar-refractivity contribution in [1.82, 2.24) is 9.80 Å². The smallest absolute Gasteiger partial charge is 0.389 e. The summed E-state index contributed by atoms with van der Waals surface area (Å²) < 4.78 is 50.4. The zero-order chi connectivity index (χ0) is 33.9. The van der Waals surface area contributed by atoms with Crippen LogP contribution in [0.1, 0.15) is 68.8 Å². The molecular weight excluding hydrogens is 603 g/mol. The van der Waals surface area contributed by atoms with Crippen molar-refractivity contribution in [2.24, 2.45) is 5.92 Å². The van der Waals surface area contributed by atoms with Gasteiger partial charge in [0.25, 0.3) is 5.91 Å². The topological polar surface area (TPSA) is 108 Å². The van der Waals surface area contributed by atoms with Crippen molar-refractivity contribution < 1.29 is 42.1 Å². The summed E-state index contributed by atoms with van der Waals surface area (Å²) in [5.41, 5.74) is 1.16. The molecule has 0 saturated carbocycles. The highest BCUT2D eigenvalue weighted by atomic mass is 19.4. The van der Waals surface area contributed by atoms with Crippen molar-refractivity contribution in [3.05, 3.63) is 59.7 Å². The van der Waals surface area contributed by atoms with Crippen LogP contribution in [0.4, 0.5) is 18.9 Å². The molecule has 1 aliphatic heterocycles. The molecule has 0 radical (unpaired) electrons. The number of alkyl halides is 3. The standard InChI is InChI=1S/C34H46F3N3O6/c1-23-20-40(24(2)22-41)33(44)28-19-27(38-31(42)15-16-34(35,36)37)13-14-29(28)46-25(3)10-8-9-17-45-30(23)21-39(4)32(43)18-26-11-6-5-7-12-26/h5-7,11-14,19,23-25,30,41H,8-10,15-18,20-22H2,1-4H3,(H,38,42)/t23-,24-,25+,30-/m1/s1. The fourth-order valence-corrected chi connectivity index (χ4v) is 5.22. The third-order valence-electron chi connectivity index (χ3n) is 8.05. The van der Waals surface area contributed by atoms with Gasteiger partial charge in [-0.3, -0.25) is 14.4 Å². The quantitative estimate of drug-likeness (QED) is 0.374. The Labute approximate surface area is 269 Å². The fraction of sp³-hybridized carbons (Fsp3) is 0.559. The Morgan fingerprint density at radius 1 is 1.13 bits per heavy atom. The Bertz CT molecular complexity index is 1290. The number of amides is 3. The number of fused-ring (bicyclic) bond motifs is 1. The monoisotopic (exact) mass is 649 g/mol. The lowest BCUT2D eigenvalue weighted by Crippen LogP contribution is -2.48. The van der Waals surface area contributed by atoms with Crippen LogP contribution < -0.4 is 10.1 Å². The molecule has 3 rings (SSSR count). The number of carbonyl (C=O) groups excluding carboxylic acids is 3. The number of ether oxygens (including phenoxy) is 2. The van der Waals surface area contributed by atoms with Gasteiger partial charge in [-0.05, 0) is 56.9 Å². The third-order valence-corrected chi connectivity index (χ3v) is 8.05. The molecular formula is C34H46F3N3O6. The maximum atomic E-state index is 14.2. The molecule has 254 valence electrons. The summed E-state index contributed by atoms with van der Waals surface area (Å²) in [4.78, 5) is 42.6. The van der Waals surface area contributed by atoms with E-state index >= 15 is 0 Å². The molecule has 0 aliphatic carbocycles. The van der Waals surface area contributed by atoms with Crippen molar-refractivity contribution in [1.29, 1.82) is 0 Å². The number of benzene rings is 2. The summed E-state index contributed by atoms with van der Waals surface area (Å²) in [5, 5.41) is 12.6. The summed E-state index contributed by atoms with van der Waals surface area (Å²) in [6.45, 7) is 6.09. The van der Waals surface area contributed by atoms with E-state index in [9.17, 15) is 32.7 Å². The van der Waals surface area contributed by atoms with Crippen molar-refractivity contribution >= 4 is 23.4 Å². The van der Waals surface area contributed by atoms with Crippen LogP contribution in [-0.4, -0.2) is 90.4 Å². The maximum Gasteiger partial charge on any atom is 0.389 e. The fourth-order valence-electron chi connectivity index (χ4n) is 5.22. The number of nitrogens with one attached hydrogen (secondary N) is 1. The zero-order valence-corrected chi connectivity index (χ0v) is 27.0. The average Bonchev–Trinajstić information content (AvgIpc) is 3.01. The molecule has 0 bridgehead atoms.